The number of amides is 1. The van der Waals surface area contributed by atoms with Crippen molar-refractivity contribution in [1.29, 1.82) is 0 Å². The van der Waals surface area contributed by atoms with Crippen LogP contribution in [0.4, 0.5) is 5.13 Å². The Balaban J connectivity index is 1.91. The average Bonchev–Trinajstić information content (AvgIpc) is 3.20. The van der Waals surface area contributed by atoms with Gasteiger partial charge in [0.05, 0.1) is 18.4 Å². The van der Waals surface area contributed by atoms with Gasteiger partial charge in [0.25, 0.3) is 5.91 Å². The molecule has 0 saturated heterocycles. The number of ether oxygens (including phenoxy) is 2. The number of anilines is 1. The number of rotatable bonds is 10. The van der Waals surface area contributed by atoms with Crippen molar-refractivity contribution in [2.24, 2.45) is 0 Å². The summed E-state index contributed by atoms with van der Waals surface area (Å²) >= 11 is 1.52. The molecule has 1 aromatic heterocycles. The van der Waals surface area contributed by atoms with Crippen molar-refractivity contribution in [2.75, 3.05) is 45.8 Å². The fraction of sp³-hybridized carbons (Fsp3) is 0.417. The summed E-state index contributed by atoms with van der Waals surface area (Å²) in [5.74, 6) is 1.43. The Labute approximate surface area is 188 Å². The van der Waals surface area contributed by atoms with Gasteiger partial charge in [-0.25, -0.2) is 4.98 Å². The monoisotopic (exact) mass is 441 g/mol. The van der Waals surface area contributed by atoms with Crippen LogP contribution in [-0.4, -0.2) is 56.7 Å². The van der Waals surface area contributed by atoms with E-state index in [1.54, 1.807) is 12.0 Å². The van der Waals surface area contributed by atoms with Crippen LogP contribution in [0.2, 0.25) is 0 Å². The van der Waals surface area contributed by atoms with Crippen LogP contribution in [0.25, 0.3) is 10.2 Å². The highest BCUT2D eigenvalue weighted by Gasteiger charge is 2.23. The van der Waals surface area contributed by atoms with Crippen LogP contribution >= 0.6 is 11.3 Å². The van der Waals surface area contributed by atoms with Gasteiger partial charge in [-0.05, 0) is 63.3 Å². The molecule has 0 aliphatic rings. The van der Waals surface area contributed by atoms with Crippen LogP contribution in [0.1, 0.15) is 35.7 Å². The number of benzene rings is 2. The van der Waals surface area contributed by atoms with Gasteiger partial charge in [-0.15, -0.1) is 0 Å². The van der Waals surface area contributed by atoms with Crippen molar-refractivity contribution in [2.45, 2.75) is 26.7 Å². The zero-order valence-electron chi connectivity index (χ0n) is 19.0. The van der Waals surface area contributed by atoms with Gasteiger partial charge in [-0.3, -0.25) is 9.69 Å². The molecule has 0 aliphatic carbocycles. The molecule has 0 bridgehead atoms. The summed E-state index contributed by atoms with van der Waals surface area (Å²) in [6.07, 6.45) is 2.10. The first kappa shape index (κ1) is 23.0. The molecular formula is C24H31N3O3S. The smallest absolute Gasteiger partial charge is 0.260 e. The SMILES string of the molecule is CCCCOc1ccc(C(=O)N(CCN(C)C)c2nc3c(OC)ccc(C)c3s2)cc1. The second-order valence-electron chi connectivity index (χ2n) is 7.75. The molecule has 7 heteroatoms. The highest BCUT2D eigenvalue weighted by Crippen LogP contribution is 2.36. The summed E-state index contributed by atoms with van der Waals surface area (Å²) in [7, 11) is 5.63. The second kappa shape index (κ2) is 10.6. The van der Waals surface area contributed by atoms with Gasteiger partial charge in [0.1, 0.15) is 17.0 Å². The minimum absolute atomic E-state index is 0.0716. The molecule has 0 atom stereocenters. The van der Waals surface area contributed by atoms with Crippen LogP contribution in [0.15, 0.2) is 36.4 Å². The quantitative estimate of drug-likeness (QED) is 0.415. The number of unbranched alkanes of at least 4 members (excludes halogenated alkanes) is 1. The number of carbonyl (C=O) groups is 1. The number of methoxy groups -OCH3 is 1. The predicted molar refractivity (Wildman–Crippen MR) is 128 cm³/mol. The maximum absolute atomic E-state index is 13.4. The lowest BCUT2D eigenvalue weighted by Gasteiger charge is -2.22. The summed E-state index contributed by atoms with van der Waals surface area (Å²) in [6.45, 7) is 6.14. The molecule has 0 unspecified atom stereocenters. The topological polar surface area (TPSA) is 54.9 Å². The molecule has 31 heavy (non-hydrogen) atoms. The van der Waals surface area contributed by atoms with Gasteiger partial charge < -0.3 is 14.4 Å². The molecule has 1 heterocycles. The third kappa shape index (κ3) is 5.54. The molecule has 0 N–H and O–H groups in total. The van der Waals surface area contributed by atoms with Crippen molar-refractivity contribution >= 4 is 32.6 Å². The number of fused-ring (bicyclic) bond motifs is 1. The molecule has 0 fully saturated rings. The standard InChI is InChI=1S/C24H31N3O3S/c1-6-7-16-30-19-11-9-18(10-12-19)23(28)27(15-14-26(3)4)24-25-21-20(29-5)13-8-17(2)22(21)31-24/h8-13H,6-7,14-16H2,1-5H3. The van der Waals surface area contributed by atoms with E-state index in [9.17, 15) is 4.79 Å². The highest BCUT2D eigenvalue weighted by atomic mass is 32.1. The summed E-state index contributed by atoms with van der Waals surface area (Å²) < 4.78 is 12.3. The maximum Gasteiger partial charge on any atom is 0.260 e. The lowest BCUT2D eigenvalue weighted by Crippen LogP contribution is -2.36. The van der Waals surface area contributed by atoms with E-state index >= 15 is 0 Å². The number of aromatic nitrogens is 1. The number of hydrogen-bond donors (Lipinski definition) is 0. The summed E-state index contributed by atoms with van der Waals surface area (Å²) in [5.41, 5.74) is 2.53. The Morgan fingerprint density at radius 3 is 2.48 bits per heavy atom. The first-order valence-corrected chi connectivity index (χ1v) is 11.4. The Morgan fingerprint density at radius 1 is 1.10 bits per heavy atom. The normalized spacial score (nSPS) is 11.2. The van der Waals surface area contributed by atoms with Gasteiger partial charge in [0.15, 0.2) is 5.13 Å². The van der Waals surface area contributed by atoms with Crippen LogP contribution in [0, 0.1) is 6.92 Å². The summed E-state index contributed by atoms with van der Waals surface area (Å²) in [6, 6.07) is 11.3. The van der Waals surface area contributed by atoms with E-state index in [1.807, 2.05) is 57.4 Å². The third-order valence-corrected chi connectivity index (χ3v) is 6.24. The zero-order valence-corrected chi connectivity index (χ0v) is 19.8. The Morgan fingerprint density at radius 2 is 1.84 bits per heavy atom. The predicted octanol–water partition coefficient (Wildman–Crippen LogP) is 5.00. The summed E-state index contributed by atoms with van der Waals surface area (Å²) in [4.78, 5) is 22.1. The van der Waals surface area contributed by atoms with Crippen LogP contribution in [0.3, 0.4) is 0 Å². The molecule has 3 aromatic rings. The Bertz CT molecular complexity index is 1010. The molecule has 0 spiro atoms. The Kier molecular flexibility index (Phi) is 7.87. The second-order valence-corrected chi connectivity index (χ2v) is 8.72. The lowest BCUT2D eigenvalue weighted by atomic mass is 10.2. The first-order valence-electron chi connectivity index (χ1n) is 10.6. The lowest BCUT2D eigenvalue weighted by molar-refractivity contribution is 0.0985. The fourth-order valence-electron chi connectivity index (χ4n) is 3.15. The number of thiazole rings is 1. The third-order valence-electron chi connectivity index (χ3n) is 5.03. The van der Waals surface area contributed by atoms with E-state index in [-0.39, 0.29) is 5.91 Å². The van der Waals surface area contributed by atoms with E-state index in [0.717, 1.165) is 46.7 Å². The molecule has 3 rings (SSSR count). The van der Waals surface area contributed by atoms with Crippen molar-refractivity contribution in [3.63, 3.8) is 0 Å². The van der Waals surface area contributed by atoms with Gasteiger partial charge in [0.2, 0.25) is 0 Å². The Hall–Kier alpha value is -2.64. The number of likely N-dealkylation sites (N-methyl/N-ethyl adjacent to an activating group) is 1. The molecule has 0 saturated carbocycles. The van der Waals surface area contributed by atoms with Crippen molar-refractivity contribution in [1.82, 2.24) is 9.88 Å². The fourth-order valence-corrected chi connectivity index (χ4v) is 4.22. The van der Waals surface area contributed by atoms with E-state index in [4.69, 9.17) is 14.5 Å². The zero-order chi connectivity index (χ0) is 22.4. The number of aryl methyl sites for hydroxylation is 1. The van der Waals surface area contributed by atoms with E-state index in [1.165, 1.54) is 11.3 Å². The first-order chi connectivity index (χ1) is 14.9. The van der Waals surface area contributed by atoms with Gasteiger partial charge in [0, 0.05) is 18.7 Å². The van der Waals surface area contributed by atoms with Crippen molar-refractivity contribution < 1.29 is 14.3 Å². The average molecular weight is 442 g/mol. The van der Waals surface area contributed by atoms with E-state index < -0.39 is 0 Å². The van der Waals surface area contributed by atoms with E-state index in [2.05, 4.69) is 11.8 Å². The molecule has 6 nitrogen and oxygen atoms in total. The molecule has 166 valence electrons. The molecule has 1 amide bonds. The van der Waals surface area contributed by atoms with Crippen molar-refractivity contribution in [3.8, 4) is 11.5 Å². The minimum atomic E-state index is -0.0716. The number of hydrogen-bond acceptors (Lipinski definition) is 6. The van der Waals surface area contributed by atoms with E-state index in [0.29, 0.717) is 23.8 Å². The van der Waals surface area contributed by atoms with Gasteiger partial charge in [-0.2, -0.15) is 0 Å². The number of carbonyl (C=O) groups excluding carboxylic acids is 1. The molecule has 2 aromatic carbocycles. The van der Waals surface area contributed by atoms with Crippen LogP contribution in [0.5, 0.6) is 11.5 Å². The number of nitrogens with zero attached hydrogens (tertiary/aromatic N) is 3. The van der Waals surface area contributed by atoms with Gasteiger partial charge >= 0.3 is 0 Å². The van der Waals surface area contributed by atoms with Crippen molar-refractivity contribution in [3.05, 3.63) is 47.5 Å². The minimum Gasteiger partial charge on any atom is -0.494 e. The maximum atomic E-state index is 13.4. The molecular weight excluding hydrogens is 410 g/mol. The van der Waals surface area contributed by atoms with Crippen LogP contribution < -0.4 is 14.4 Å². The summed E-state index contributed by atoms with van der Waals surface area (Å²) in [5, 5.41) is 0.678. The highest BCUT2D eigenvalue weighted by molar-refractivity contribution is 7.22. The van der Waals surface area contributed by atoms with Crippen LogP contribution in [-0.2, 0) is 0 Å². The largest absolute Gasteiger partial charge is 0.494 e. The molecule has 0 aliphatic heterocycles. The molecule has 0 radical (unpaired) electrons. The van der Waals surface area contributed by atoms with Gasteiger partial charge in [-0.1, -0.05) is 30.7 Å².